The van der Waals surface area contributed by atoms with Crippen molar-refractivity contribution in [3.05, 3.63) is 51.3 Å². The fraction of sp³-hybridized carbons (Fsp3) is 0.294. The lowest BCUT2D eigenvalue weighted by Gasteiger charge is -2.34. The molecule has 0 aliphatic carbocycles. The van der Waals surface area contributed by atoms with Crippen molar-refractivity contribution in [1.29, 1.82) is 5.26 Å². The van der Waals surface area contributed by atoms with E-state index in [4.69, 9.17) is 28.5 Å². The molecule has 2 aromatic rings. The first-order chi connectivity index (χ1) is 12.0. The molecule has 3 rings (SSSR count). The molecular weight excluding hydrogens is 361 g/mol. The van der Waals surface area contributed by atoms with Crippen LogP contribution in [0.1, 0.15) is 21.7 Å². The van der Waals surface area contributed by atoms with E-state index in [1.807, 2.05) is 17.9 Å². The quantitative estimate of drug-likeness (QED) is 0.806. The Bertz CT molecular complexity index is 857. The topological polar surface area (TPSA) is 73.1 Å². The van der Waals surface area contributed by atoms with E-state index in [1.54, 1.807) is 29.2 Å². The lowest BCUT2D eigenvalue weighted by Crippen LogP contribution is -2.49. The number of benzene rings is 1. The first-order valence-electron chi connectivity index (χ1n) is 7.73. The smallest absolute Gasteiger partial charge is 0.254 e. The summed E-state index contributed by atoms with van der Waals surface area (Å²) in [5.74, 6) is 0.444. The monoisotopic (exact) mass is 375 g/mol. The van der Waals surface area contributed by atoms with E-state index in [9.17, 15) is 4.79 Å². The van der Waals surface area contributed by atoms with Gasteiger partial charge in [0.1, 0.15) is 11.8 Å². The van der Waals surface area contributed by atoms with Gasteiger partial charge in [0.2, 0.25) is 5.95 Å². The third-order valence-corrected chi connectivity index (χ3v) is 4.71. The number of hydrogen-bond donors (Lipinski definition) is 0. The van der Waals surface area contributed by atoms with Crippen molar-refractivity contribution in [2.45, 2.75) is 6.92 Å². The molecule has 0 radical (unpaired) electrons. The maximum atomic E-state index is 12.6. The van der Waals surface area contributed by atoms with Crippen molar-refractivity contribution >= 4 is 35.1 Å². The van der Waals surface area contributed by atoms with E-state index in [0.717, 1.165) is 5.69 Å². The van der Waals surface area contributed by atoms with Gasteiger partial charge in [-0.25, -0.2) is 9.97 Å². The lowest BCUT2D eigenvalue weighted by molar-refractivity contribution is 0.0746. The average molecular weight is 376 g/mol. The molecular formula is C17H15Cl2N5O. The number of hydrogen-bond acceptors (Lipinski definition) is 5. The number of amides is 1. The predicted molar refractivity (Wildman–Crippen MR) is 96.1 cm³/mol. The van der Waals surface area contributed by atoms with Crippen molar-refractivity contribution in [2.24, 2.45) is 0 Å². The van der Waals surface area contributed by atoms with E-state index in [-0.39, 0.29) is 5.91 Å². The number of nitriles is 1. The highest BCUT2D eigenvalue weighted by Gasteiger charge is 2.24. The number of piperazine rings is 1. The van der Waals surface area contributed by atoms with E-state index in [0.29, 0.717) is 53.4 Å². The minimum atomic E-state index is -0.0823. The van der Waals surface area contributed by atoms with Crippen molar-refractivity contribution in [3.63, 3.8) is 0 Å². The van der Waals surface area contributed by atoms with Gasteiger partial charge in [-0.05, 0) is 31.2 Å². The summed E-state index contributed by atoms with van der Waals surface area (Å²) < 4.78 is 0. The zero-order chi connectivity index (χ0) is 18.0. The van der Waals surface area contributed by atoms with Crippen LogP contribution in [-0.4, -0.2) is 47.0 Å². The van der Waals surface area contributed by atoms with Crippen LogP contribution in [0.5, 0.6) is 0 Å². The van der Waals surface area contributed by atoms with Gasteiger partial charge in [-0.15, -0.1) is 0 Å². The van der Waals surface area contributed by atoms with Crippen molar-refractivity contribution in [1.82, 2.24) is 14.9 Å². The van der Waals surface area contributed by atoms with Crippen LogP contribution >= 0.6 is 23.2 Å². The summed E-state index contributed by atoms with van der Waals surface area (Å²) in [6, 6.07) is 8.57. The third-order valence-electron chi connectivity index (χ3n) is 3.97. The highest BCUT2D eigenvalue weighted by molar-refractivity contribution is 6.42. The minimum absolute atomic E-state index is 0.0823. The zero-order valence-corrected chi connectivity index (χ0v) is 15.0. The zero-order valence-electron chi connectivity index (χ0n) is 13.5. The average Bonchev–Trinajstić information content (AvgIpc) is 2.63. The number of aromatic nitrogens is 2. The van der Waals surface area contributed by atoms with Crippen LogP contribution in [-0.2, 0) is 0 Å². The Labute approximate surface area is 155 Å². The maximum Gasteiger partial charge on any atom is 0.254 e. The van der Waals surface area contributed by atoms with Crippen molar-refractivity contribution in [2.75, 3.05) is 31.1 Å². The summed E-state index contributed by atoms with van der Waals surface area (Å²) in [5.41, 5.74) is 1.61. The van der Waals surface area contributed by atoms with E-state index in [1.165, 1.54) is 0 Å². The van der Waals surface area contributed by atoms with Gasteiger partial charge in [-0.2, -0.15) is 5.26 Å². The van der Waals surface area contributed by atoms with E-state index in [2.05, 4.69) is 9.97 Å². The Kier molecular flexibility index (Phi) is 5.07. The van der Waals surface area contributed by atoms with Crippen LogP contribution in [0.3, 0.4) is 0 Å². The summed E-state index contributed by atoms with van der Waals surface area (Å²) in [7, 11) is 0. The molecule has 1 aromatic heterocycles. The van der Waals surface area contributed by atoms with Gasteiger partial charge < -0.3 is 9.80 Å². The van der Waals surface area contributed by atoms with Gasteiger partial charge in [0.25, 0.3) is 5.91 Å². The molecule has 0 spiro atoms. The lowest BCUT2D eigenvalue weighted by atomic mass is 10.2. The van der Waals surface area contributed by atoms with Gasteiger partial charge in [0.05, 0.1) is 10.0 Å². The molecule has 1 amide bonds. The van der Waals surface area contributed by atoms with Gasteiger partial charge >= 0.3 is 0 Å². The molecule has 1 fully saturated rings. The molecule has 1 aromatic carbocycles. The number of carbonyl (C=O) groups is 1. The molecule has 2 heterocycles. The minimum Gasteiger partial charge on any atom is -0.337 e. The molecule has 0 unspecified atom stereocenters. The molecule has 1 saturated heterocycles. The Morgan fingerprint density at radius 2 is 1.84 bits per heavy atom. The van der Waals surface area contributed by atoms with Gasteiger partial charge in [0.15, 0.2) is 0 Å². The Morgan fingerprint density at radius 1 is 1.12 bits per heavy atom. The van der Waals surface area contributed by atoms with Gasteiger partial charge in [0, 0.05) is 37.4 Å². The molecule has 6 nitrogen and oxygen atoms in total. The largest absolute Gasteiger partial charge is 0.337 e. The number of carbonyl (C=O) groups excluding carboxylic acids is 1. The molecule has 128 valence electrons. The van der Waals surface area contributed by atoms with Crippen LogP contribution in [0.15, 0.2) is 24.3 Å². The maximum absolute atomic E-state index is 12.6. The Morgan fingerprint density at radius 3 is 2.48 bits per heavy atom. The SMILES string of the molecule is Cc1cc(C#N)nc(N2CCN(C(=O)c3ccc(Cl)c(Cl)c3)CC2)n1. The van der Waals surface area contributed by atoms with Crippen LogP contribution in [0, 0.1) is 18.3 Å². The second-order valence-electron chi connectivity index (χ2n) is 5.71. The predicted octanol–water partition coefficient (Wildman–Crippen LogP) is 2.93. The molecule has 25 heavy (non-hydrogen) atoms. The first kappa shape index (κ1) is 17.5. The summed E-state index contributed by atoms with van der Waals surface area (Å²) in [6.07, 6.45) is 0. The number of halogens is 2. The normalized spacial score (nSPS) is 14.3. The molecule has 0 bridgehead atoms. The number of anilines is 1. The van der Waals surface area contributed by atoms with Crippen LogP contribution < -0.4 is 4.90 Å². The second-order valence-corrected chi connectivity index (χ2v) is 6.53. The van der Waals surface area contributed by atoms with Gasteiger partial charge in [-0.1, -0.05) is 23.2 Å². The number of nitrogens with zero attached hydrogens (tertiary/aromatic N) is 5. The first-order valence-corrected chi connectivity index (χ1v) is 8.48. The molecule has 0 atom stereocenters. The highest BCUT2D eigenvalue weighted by Crippen LogP contribution is 2.23. The summed E-state index contributed by atoms with van der Waals surface area (Å²) in [5, 5.41) is 9.82. The van der Waals surface area contributed by atoms with Gasteiger partial charge in [-0.3, -0.25) is 4.79 Å². The second kappa shape index (κ2) is 7.26. The summed E-state index contributed by atoms with van der Waals surface area (Å²) in [4.78, 5) is 25.0. The molecule has 1 aliphatic rings. The van der Waals surface area contributed by atoms with Crippen LogP contribution in [0.4, 0.5) is 5.95 Å². The standard InChI is InChI=1S/C17H15Cl2N5O/c1-11-8-13(10-20)22-17(21-11)24-6-4-23(5-7-24)16(25)12-2-3-14(18)15(19)9-12/h2-3,8-9H,4-7H2,1H3. The van der Waals surface area contributed by atoms with E-state index >= 15 is 0 Å². The molecule has 0 N–H and O–H groups in total. The number of rotatable bonds is 2. The van der Waals surface area contributed by atoms with Crippen LogP contribution in [0.25, 0.3) is 0 Å². The third kappa shape index (κ3) is 3.84. The molecule has 0 saturated carbocycles. The highest BCUT2D eigenvalue weighted by atomic mass is 35.5. The fourth-order valence-electron chi connectivity index (χ4n) is 2.67. The Hall–Kier alpha value is -2.36. The molecule has 8 heteroatoms. The van der Waals surface area contributed by atoms with Crippen molar-refractivity contribution < 1.29 is 4.79 Å². The van der Waals surface area contributed by atoms with Crippen molar-refractivity contribution in [3.8, 4) is 6.07 Å². The fourth-order valence-corrected chi connectivity index (χ4v) is 2.97. The summed E-state index contributed by atoms with van der Waals surface area (Å²) >= 11 is 11.9. The summed E-state index contributed by atoms with van der Waals surface area (Å²) in [6.45, 7) is 4.11. The Balaban J connectivity index is 1.69. The molecule has 1 aliphatic heterocycles. The van der Waals surface area contributed by atoms with E-state index < -0.39 is 0 Å². The van der Waals surface area contributed by atoms with Crippen LogP contribution in [0.2, 0.25) is 10.0 Å². The number of aryl methyl sites for hydroxylation is 1.